The third-order valence-corrected chi connectivity index (χ3v) is 5.36. The van der Waals surface area contributed by atoms with Crippen LogP contribution in [0.1, 0.15) is 30.6 Å². The van der Waals surface area contributed by atoms with Crippen LogP contribution < -0.4 is 16.0 Å². The van der Waals surface area contributed by atoms with Gasteiger partial charge in [0, 0.05) is 18.2 Å². The summed E-state index contributed by atoms with van der Waals surface area (Å²) in [6, 6.07) is 9.50. The number of rotatable bonds is 3. The van der Waals surface area contributed by atoms with E-state index in [4.69, 9.17) is 0 Å². The van der Waals surface area contributed by atoms with Crippen molar-refractivity contribution in [2.45, 2.75) is 38.4 Å². The molecule has 7 nitrogen and oxygen atoms in total. The van der Waals surface area contributed by atoms with E-state index in [-0.39, 0.29) is 29.7 Å². The van der Waals surface area contributed by atoms with E-state index in [0.717, 1.165) is 0 Å². The van der Waals surface area contributed by atoms with Gasteiger partial charge in [0.25, 0.3) is 5.91 Å². The predicted octanol–water partition coefficient (Wildman–Crippen LogP) is 2.74. The molecule has 1 fully saturated rings. The minimum Gasteiger partial charge on any atom is -0.336 e. The Labute approximate surface area is 173 Å². The summed E-state index contributed by atoms with van der Waals surface area (Å²) in [5, 5.41) is 8.33. The molecule has 4 amide bonds. The maximum atomic E-state index is 14.2. The molecule has 0 spiro atoms. The monoisotopic (exact) mass is 410 g/mol. The number of fused-ring (bicyclic) bond motifs is 2. The number of benzene rings is 2. The summed E-state index contributed by atoms with van der Waals surface area (Å²) in [5.74, 6) is -1.06. The van der Waals surface area contributed by atoms with E-state index in [1.165, 1.54) is 11.0 Å². The normalized spacial score (nSPS) is 20.3. The number of amides is 4. The van der Waals surface area contributed by atoms with Crippen LogP contribution in [-0.2, 0) is 4.79 Å². The van der Waals surface area contributed by atoms with Gasteiger partial charge in [0.05, 0.1) is 17.3 Å². The average molecular weight is 410 g/mol. The van der Waals surface area contributed by atoms with Crippen LogP contribution in [0.2, 0.25) is 0 Å². The van der Waals surface area contributed by atoms with Gasteiger partial charge in [-0.1, -0.05) is 24.3 Å². The number of urea groups is 1. The maximum Gasteiger partial charge on any atom is 0.315 e. The molecule has 0 aromatic heterocycles. The first-order valence-corrected chi connectivity index (χ1v) is 9.93. The molecule has 8 heteroatoms. The first kappa shape index (κ1) is 19.9. The molecule has 3 N–H and O–H groups in total. The second-order valence-electron chi connectivity index (χ2n) is 7.84. The number of carbonyl (C=O) groups excluding carboxylic acids is 3. The fraction of sp³-hybridized carbons (Fsp3) is 0.318. The highest BCUT2D eigenvalue weighted by molar-refractivity contribution is 6.11. The van der Waals surface area contributed by atoms with Gasteiger partial charge in [-0.15, -0.1) is 0 Å². The summed E-state index contributed by atoms with van der Waals surface area (Å²) < 4.78 is 14.2. The minimum absolute atomic E-state index is 0.0480. The van der Waals surface area contributed by atoms with Gasteiger partial charge < -0.3 is 20.9 Å². The van der Waals surface area contributed by atoms with Crippen LogP contribution in [0.3, 0.4) is 0 Å². The van der Waals surface area contributed by atoms with Crippen molar-refractivity contribution < 1.29 is 18.8 Å². The molecular weight excluding hydrogens is 387 g/mol. The molecule has 1 saturated heterocycles. The Kier molecular flexibility index (Phi) is 5.15. The minimum atomic E-state index is -0.806. The van der Waals surface area contributed by atoms with Crippen LogP contribution in [0.5, 0.6) is 0 Å². The van der Waals surface area contributed by atoms with E-state index >= 15 is 0 Å². The molecule has 0 saturated carbocycles. The molecular formula is C22H23FN4O3. The smallest absolute Gasteiger partial charge is 0.315 e. The summed E-state index contributed by atoms with van der Waals surface area (Å²) in [6.45, 7) is 4.02. The van der Waals surface area contributed by atoms with Crippen LogP contribution in [-0.4, -0.2) is 47.4 Å². The van der Waals surface area contributed by atoms with Crippen molar-refractivity contribution >= 4 is 23.5 Å². The van der Waals surface area contributed by atoms with Gasteiger partial charge in [0.15, 0.2) is 0 Å². The molecule has 2 aliphatic heterocycles. The van der Waals surface area contributed by atoms with Crippen LogP contribution in [0.25, 0.3) is 11.1 Å². The van der Waals surface area contributed by atoms with Gasteiger partial charge in [-0.05, 0) is 44.0 Å². The van der Waals surface area contributed by atoms with Gasteiger partial charge in [0.2, 0.25) is 5.91 Å². The topological polar surface area (TPSA) is 90.5 Å². The SMILES string of the molecule is CC(C)NC(=O)NC1CCN2C(=O)c3cc(-c4ccccc4F)ccc3NC(=O)C12. The number of halogens is 1. The molecule has 2 aliphatic rings. The number of hydrogen-bond acceptors (Lipinski definition) is 3. The highest BCUT2D eigenvalue weighted by atomic mass is 19.1. The van der Waals surface area contributed by atoms with E-state index in [9.17, 15) is 18.8 Å². The molecule has 0 aliphatic carbocycles. The highest BCUT2D eigenvalue weighted by Crippen LogP contribution is 2.33. The lowest BCUT2D eigenvalue weighted by atomic mass is 10.0. The van der Waals surface area contributed by atoms with Crippen LogP contribution in [0.15, 0.2) is 42.5 Å². The van der Waals surface area contributed by atoms with Crippen LogP contribution in [0, 0.1) is 5.82 Å². The quantitative estimate of drug-likeness (QED) is 0.727. The third-order valence-electron chi connectivity index (χ3n) is 5.36. The molecule has 2 heterocycles. The van der Waals surface area contributed by atoms with E-state index < -0.39 is 12.1 Å². The second-order valence-corrected chi connectivity index (χ2v) is 7.84. The van der Waals surface area contributed by atoms with E-state index in [1.54, 1.807) is 36.4 Å². The lowest BCUT2D eigenvalue weighted by Gasteiger charge is -2.25. The van der Waals surface area contributed by atoms with Crippen molar-refractivity contribution in [3.8, 4) is 11.1 Å². The second kappa shape index (κ2) is 7.78. The fourth-order valence-electron chi connectivity index (χ4n) is 4.02. The van der Waals surface area contributed by atoms with Crippen LogP contribution in [0.4, 0.5) is 14.9 Å². The average Bonchev–Trinajstić information content (AvgIpc) is 3.06. The Morgan fingerprint density at radius 1 is 1.17 bits per heavy atom. The fourth-order valence-corrected chi connectivity index (χ4v) is 4.02. The van der Waals surface area contributed by atoms with Crippen molar-refractivity contribution in [1.29, 1.82) is 0 Å². The molecule has 0 radical (unpaired) electrons. The van der Waals surface area contributed by atoms with Gasteiger partial charge >= 0.3 is 6.03 Å². The summed E-state index contributed by atoms with van der Waals surface area (Å²) in [6.07, 6.45) is 0.470. The molecule has 4 rings (SSSR count). The molecule has 2 unspecified atom stereocenters. The summed E-state index contributed by atoms with van der Waals surface area (Å²) in [5.41, 5.74) is 1.62. The standard InChI is InChI=1S/C22H23FN4O3/c1-12(2)24-22(30)26-18-9-10-27-19(18)20(28)25-17-8-7-13(11-15(17)21(27)29)14-5-3-4-6-16(14)23/h3-8,11-12,18-19H,9-10H2,1-2H3,(H,25,28)(H2,24,26,30). The van der Waals surface area contributed by atoms with E-state index in [1.807, 2.05) is 13.8 Å². The zero-order valence-corrected chi connectivity index (χ0v) is 16.7. The Bertz CT molecular complexity index is 1020. The molecule has 0 bridgehead atoms. The van der Waals surface area contributed by atoms with Crippen molar-refractivity contribution in [2.24, 2.45) is 0 Å². The first-order valence-electron chi connectivity index (χ1n) is 9.93. The Hall–Kier alpha value is -3.42. The van der Waals surface area contributed by atoms with Crippen molar-refractivity contribution in [3.05, 3.63) is 53.8 Å². The van der Waals surface area contributed by atoms with Crippen molar-refractivity contribution in [3.63, 3.8) is 0 Å². The Morgan fingerprint density at radius 2 is 1.93 bits per heavy atom. The lowest BCUT2D eigenvalue weighted by molar-refractivity contribution is -0.120. The van der Waals surface area contributed by atoms with Crippen LogP contribution >= 0.6 is 0 Å². The molecule has 2 atom stereocenters. The molecule has 2 aromatic carbocycles. The number of hydrogen-bond donors (Lipinski definition) is 3. The van der Waals surface area contributed by atoms with E-state index in [0.29, 0.717) is 35.3 Å². The summed E-state index contributed by atoms with van der Waals surface area (Å²) in [7, 11) is 0. The maximum absolute atomic E-state index is 14.2. The van der Waals surface area contributed by atoms with Gasteiger partial charge in [-0.25, -0.2) is 9.18 Å². The Morgan fingerprint density at radius 3 is 2.67 bits per heavy atom. The molecule has 156 valence electrons. The predicted molar refractivity (Wildman–Crippen MR) is 110 cm³/mol. The van der Waals surface area contributed by atoms with Gasteiger partial charge in [0.1, 0.15) is 11.9 Å². The first-order chi connectivity index (χ1) is 14.3. The zero-order chi connectivity index (χ0) is 21.4. The highest BCUT2D eigenvalue weighted by Gasteiger charge is 2.45. The number of nitrogens with zero attached hydrogens (tertiary/aromatic N) is 1. The zero-order valence-electron chi connectivity index (χ0n) is 16.7. The molecule has 30 heavy (non-hydrogen) atoms. The van der Waals surface area contributed by atoms with E-state index in [2.05, 4.69) is 16.0 Å². The number of carbonyl (C=O) groups is 3. The lowest BCUT2D eigenvalue weighted by Crippen LogP contribution is -2.54. The summed E-state index contributed by atoms with van der Waals surface area (Å²) in [4.78, 5) is 39.7. The van der Waals surface area contributed by atoms with Gasteiger partial charge in [-0.3, -0.25) is 9.59 Å². The Balaban J connectivity index is 1.64. The number of nitrogens with one attached hydrogen (secondary N) is 3. The van der Waals surface area contributed by atoms with Crippen molar-refractivity contribution in [2.75, 3.05) is 11.9 Å². The number of anilines is 1. The molecule has 2 aromatic rings. The summed E-state index contributed by atoms with van der Waals surface area (Å²) >= 11 is 0. The largest absolute Gasteiger partial charge is 0.336 e. The van der Waals surface area contributed by atoms with Crippen molar-refractivity contribution in [1.82, 2.24) is 15.5 Å². The third kappa shape index (κ3) is 3.60. The van der Waals surface area contributed by atoms with Gasteiger partial charge in [-0.2, -0.15) is 0 Å².